The second-order valence-electron chi connectivity index (χ2n) is 4.50. The third-order valence-electron chi connectivity index (χ3n) is 2.94. The van der Waals surface area contributed by atoms with Gasteiger partial charge in [0.15, 0.2) is 5.11 Å². The van der Waals surface area contributed by atoms with Crippen molar-refractivity contribution in [2.75, 3.05) is 6.54 Å². The molecule has 0 radical (unpaired) electrons. The van der Waals surface area contributed by atoms with E-state index in [1.54, 1.807) is 0 Å². The fourth-order valence-corrected chi connectivity index (χ4v) is 2.33. The summed E-state index contributed by atoms with van der Waals surface area (Å²) in [7, 11) is 0. The van der Waals surface area contributed by atoms with E-state index in [2.05, 4.69) is 24.5 Å². The Labute approximate surface area is 92.8 Å². The lowest BCUT2D eigenvalue weighted by Crippen LogP contribution is -2.48. The van der Waals surface area contributed by atoms with Gasteiger partial charge in [-0.3, -0.25) is 0 Å². The van der Waals surface area contributed by atoms with Gasteiger partial charge in [0.2, 0.25) is 0 Å². The quantitative estimate of drug-likeness (QED) is 0.555. The SMILES string of the molecule is CCCCNC(=S)NC1(C)CCCC1. The number of hydrogen-bond acceptors (Lipinski definition) is 1. The molecular formula is C11H22N2S. The molecule has 0 bridgehead atoms. The predicted octanol–water partition coefficient (Wildman–Crippen LogP) is 2.58. The molecule has 1 saturated carbocycles. The molecule has 0 atom stereocenters. The van der Waals surface area contributed by atoms with Gasteiger partial charge >= 0.3 is 0 Å². The molecule has 0 aromatic rings. The minimum Gasteiger partial charge on any atom is -0.363 e. The molecule has 0 amide bonds. The molecule has 82 valence electrons. The maximum Gasteiger partial charge on any atom is 0.166 e. The molecule has 0 saturated heterocycles. The highest BCUT2D eigenvalue weighted by Crippen LogP contribution is 2.28. The van der Waals surface area contributed by atoms with Crippen molar-refractivity contribution in [2.45, 2.75) is 57.9 Å². The van der Waals surface area contributed by atoms with Crippen molar-refractivity contribution in [3.05, 3.63) is 0 Å². The molecular weight excluding hydrogens is 192 g/mol. The average molecular weight is 214 g/mol. The average Bonchev–Trinajstić information content (AvgIpc) is 2.52. The molecule has 1 aliphatic carbocycles. The molecule has 0 aromatic heterocycles. The summed E-state index contributed by atoms with van der Waals surface area (Å²) in [5.74, 6) is 0. The third kappa shape index (κ3) is 3.82. The Hall–Kier alpha value is -0.310. The van der Waals surface area contributed by atoms with Crippen molar-refractivity contribution in [1.29, 1.82) is 0 Å². The van der Waals surface area contributed by atoms with E-state index >= 15 is 0 Å². The second kappa shape index (κ2) is 5.54. The van der Waals surface area contributed by atoms with E-state index in [0.29, 0.717) is 0 Å². The molecule has 1 aliphatic rings. The molecule has 0 aromatic carbocycles. The smallest absolute Gasteiger partial charge is 0.166 e. The van der Waals surface area contributed by atoms with E-state index in [9.17, 15) is 0 Å². The van der Waals surface area contributed by atoms with Gasteiger partial charge in [-0.15, -0.1) is 0 Å². The largest absolute Gasteiger partial charge is 0.363 e. The lowest BCUT2D eigenvalue weighted by Gasteiger charge is -2.27. The van der Waals surface area contributed by atoms with Crippen LogP contribution in [0.15, 0.2) is 0 Å². The Balaban J connectivity index is 2.19. The van der Waals surface area contributed by atoms with Gasteiger partial charge in [0.05, 0.1) is 0 Å². The van der Waals surface area contributed by atoms with Crippen molar-refractivity contribution in [3.8, 4) is 0 Å². The van der Waals surface area contributed by atoms with Crippen LogP contribution in [0, 0.1) is 0 Å². The summed E-state index contributed by atoms with van der Waals surface area (Å²) < 4.78 is 0. The summed E-state index contributed by atoms with van der Waals surface area (Å²) in [4.78, 5) is 0. The predicted molar refractivity (Wildman–Crippen MR) is 65.5 cm³/mol. The normalized spacial score (nSPS) is 19.3. The maximum atomic E-state index is 5.25. The van der Waals surface area contributed by atoms with E-state index in [1.165, 1.54) is 38.5 Å². The maximum absolute atomic E-state index is 5.25. The van der Waals surface area contributed by atoms with Gasteiger partial charge in [-0.2, -0.15) is 0 Å². The number of nitrogens with one attached hydrogen (secondary N) is 2. The summed E-state index contributed by atoms with van der Waals surface area (Å²) in [5.41, 5.74) is 0.260. The van der Waals surface area contributed by atoms with Crippen molar-refractivity contribution >= 4 is 17.3 Å². The van der Waals surface area contributed by atoms with Gasteiger partial charge in [0.25, 0.3) is 0 Å². The van der Waals surface area contributed by atoms with Crippen LogP contribution in [0.5, 0.6) is 0 Å². The Morgan fingerprint density at radius 1 is 1.36 bits per heavy atom. The molecule has 2 N–H and O–H groups in total. The Morgan fingerprint density at radius 3 is 2.57 bits per heavy atom. The standard InChI is InChI=1S/C11H22N2S/c1-3-4-9-12-10(14)13-11(2)7-5-6-8-11/h3-9H2,1-2H3,(H2,12,13,14). The lowest BCUT2D eigenvalue weighted by molar-refractivity contribution is 0.428. The summed E-state index contributed by atoms with van der Waals surface area (Å²) in [5, 5.41) is 7.53. The van der Waals surface area contributed by atoms with Crippen LogP contribution < -0.4 is 10.6 Å². The zero-order valence-electron chi connectivity index (χ0n) is 9.36. The molecule has 0 unspecified atom stereocenters. The number of hydrogen-bond donors (Lipinski definition) is 2. The minimum atomic E-state index is 0.260. The zero-order chi connectivity index (χ0) is 10.4. The summed E-state index contributed by atoms with van der Waals surface area (Å²) in [6.07, 6.45) is 7.58. The second-order valence-corrected chi connectivity index (χ2v) is 4.91. The summed E-state index contributed by atoms with van der Waals surface area (Å²) in [6, 6.07) is 0. The van der Waals surface area contributed by atoms with Gasteiger partial charge in [-0.25, -0.2) is 0 Å². The fraction of sp³-hybridized carbons (Fsp3) is 0.909. The first-order valence-corrected chi connectivity index (χ1v) is 6.13. The van der Waals surface area contributed by atoms with Gasteiger partial charge < -0.3 is 10.6 Å². The highest BCUT2D eigenvalue weighted by molar-refractivity contribution is 7.80. The molecule has 3 heteroatoms. The fourth-order valence-electron chi connectivity index (χ4n) is 1.98. The first-order chi connectivity index (χ1) is 6.66. The van der Waals surface area contributed by atoms with E-state index in [4.69, 9.17) is 12.2 Å². The van der Waals surface area contributed by atoms with E-state index in [-0.39, 0.29) is 5.54 Å². The molecule has 2 nitrogen and oxygen atoms in total. The Morgan fingerprint density at radius 2 is 2.00 bits per heavy atom. The third-order valence-corrected chi connectivity index (χ3v) is 3.18. The molecule has 1 fully saturated rings. The molecule has 0 spiro atoms. The monoisotopic (exact) mass is 214 g/mol. The van der Waals surface area contributed by atoms with Crippen LogP contribution in [-0.4, -0.2) is 17.2 Å². The molecule has 0 heterocycles. The minimum absolute atomic E-state index is 0.260. The first kappa shape index (κ1) is 11.8. The van der Waals surface area contributed by atoms with Crippen LogP contribution >= 0.6 is 12.2 Å². The Kier molecular flexibility index (Phi) is 4.66. The highest BCUT2D eigenvalue weighted by Gasteiger charge is 2.28. The zero-order valence-corrected chi connectivity index (χ0v) is 10.2. The van der Waals surface area contributed by atoms with E-state index in [0.717, 1.165) is 11.7 Å². The number of rotatable bonds is 4. The Bertz CT molecular complexity index is 186. The summed E-state index contributed by atoms with van der Waals surface area (Å²) >= 11 is 5.25. The van der Waals surface area contributed by atoms with Crippen molar-refractivity contribution in [2.24, 2.45) is 0 Å². The van der Waals surface area contributed by atoms with Crippen LogP contribution in [0.25, 0.3) is 0 Å². The summed E-state index contributed by atoms with van der Waals surface area (Å²) in [6.45, 7) is 5.46. The van der Waals surface area contributed by atoms with Crippen LogP contribution in [0.2, 0.25) is 0 Å². The first-order valence-electron chi connectivity index (χ1n) is 5.72. The molecule has 0 aliphatic heterocycles. The van der Waals surface area contributed by atoms with Gasteiger partial charge in [-0.1, -0.05) is 26.2 Å². The van der Waals surface area contributed by atoms with Crippen molar-refractivity contribution in [3.63, 3.8) is 0 Å². The van der Waals surface area contributed by atoms with Gasteiger partial charge in [0.1, 0.15) is 0 Å². The van der Waals surface area contributed by atoms with Crippen LogP contribution in [0.3, 0.4) is 0 Å². The van der Waals surface area contributed by atoms with Crippen molar-refractivity contribution < 1.29 is 0 Å². The number of unbranched alkanes of at least 4 members (excludes halogenated alkanes) is 1. The molecule has 1 rings (SSSR count). The van der Waals surface area contributed by atoms with E-state index in [1.807, 2.05) is 0 Å². The van der Waals surface area contributed by atoms with Gasteiger partial charge in [-0.05, 0) is 38.4 Å². The van der Waals surface area contributed by atoms with Crippen LogP contribution in [0.4, 0.5) is 0 Å². The van der Waals surface area contributed by atoms with E-state index < -0.39 is 0 Å². The lowest BCUT2D eigenvalue weighted by atomic mass is 10.0. The molecule has 14 heavy (non-hydrogen) atoms. The topological polar surface area (TPSA) is 24.1 Å². The van der Waals surface area contributed by atoms with Crippen LogP contribution in [0.1, 0.15) is 52.4 Å². The number of thiocarbonyl (C=S) groups is 1. The van der Waals surface area contributed by atoms with Crippen molar-refractivity contribution in [1.82, 2.24) is 10.6 Å². The van der Waals surface area contributed by atoms with Crippen LogP contribution in [-0.2, 0) is 0 Å². The van der Waals surface area contributed by atoms with Gasteiger partial charge in [0, 0.05) is 12.1 Å². The highest BCUT2D eigenvalue weighted by atomic mass is 32.1.